The number of nitrogens with two attached hydrogens (primary N) is 1. The summed E-state index contributed by atoms with van der Waals surface area (Å²) in [7, 11) is 1.71. The third-order valence-corrected chi connectivity index (χ3v) is 13.9. The Hall–Kier alpha value is -5.57. The van der Waals surface area contributed by atoms with Crippen molar-refractivity contribution in [1.82, 2.24) is 29.8 Å². The Kier molecular flexibility index (Phi) is 16.0. The number of nitrogens with zero attached hydrogens (tertiary/aromatic N) is 6. The van der Waals surface area contributed by atoms with Crippen LogP contribution in [0.15, 0.2) is 127 Å². The fraction of sp³-hybridized carbons (Fsp3) is 0.393. The van der Waals surface area contributed by atoms with E-state index in [1.807, 2.05) is 23.0 Å². The van der Waals surface area contributed by atoms with Gasteiger partial charge in [0.25, 0.3) is 0 Å². The molecule has 1 saturated carbocycles. The zero-order chi connectivity index (χ0) is 44.9. The molecule has 65 heavy (non-hydrogen) atoms. The molecule has 1 aliphatic carbocycles. The second-order valence-corrected chi connectivity index (χ2v) is 18.3. The van der Waals surface area contributed by atoms with E-state index < -0.39 is 5.54 Å². The highest BCUT2D eigenvalue weighted by Crippen LogP contribution is 2.42. The first kappa shape index (κ1) is 46.0. The molecule has 5 aromatic carbocycles. The summed E-state index contributed by atoms with van der Waals surface area (Å²) in [6.07, 6.45) is 20.4. The lowest BCUT2D eigenvalue weighted by molar-refractivity contribution is 0.392. The lowest BCUT2D eigenvalue weighted by atomic mass is 9.76. The highest BCUT2D eigenvalue weighted by atomic mass is 35.5. The summed E-state index contributed by atoms with van der Waals surface area (Å²) < 4.78 is 7.85. The standard InChI is InChI=1S/C56H66ClN7O/c1-3-4-27-53-59-54(57)52(40-58)63(53)41-42-28-30-45(31-29-42)50-25-19-20-26-51(50)55-60-62-64(61-55)56(46-23-17-14-18-24-46,48-36-38-49(65-2)39-37-48)47-34-32-44(33-35-47)43-21-15-12-10-8-6-5-7-9-11-13-16-22-43/h14,17-20,23-26,28-39,43H,3-13,15-16,21-22,27,40-41,58H2,1-2H3. The van der Waals surface area contributed by atoms with Crippen molar-refractivity contribution in [2.24, 2.45) is 5.73 Å². The number of aryl methyl sites for hydroxylation is 1. The largest absolute Gasteiger partial charge is 0.497 e. The van der Waals surface area contributed by atoms with Gasteiger partial charge in [0.05, 0.1) is 12.8 Å². The molecule has 0 radical (unpaired) electrons. The molecular formula is C56H66ClN7O. The summed E-state index contributed by atoms with van der Waals surface area (Å²) in [5.74, 6) is 2.88. The SMILES string of the molecule is CCCCc1nc(Cl)c(CN)n1Cc1ccc(-c2ccccc2-c2nnn(C(c3ccccc3)(c3ccc(OC)cc3)c3ccc(C4CCCCCCCCCCCCC4)cc3)n2)cc1. The molecule has 0 saturated heterocycles. The van der Waals surface area contributed by atoms with Gasteiger partial charge in [-0.25, -0.2) is 4.98 Å². The van der Waals surface area contributed by atoms with Crippen LogP contribution in [0.4, 0.5) is 0 Å². The summed E-state index contributed by atoms with van der Waals surface area (Å²) in [6, 6.07) is 45.3. The first-order valence-electron chi connectivity index (χ1n) is 24.3. The predicted octanol–water partition coefficient (Wildman–Crippen LogP) is 13.7. The second-order valence-electron chi connectivity index (χ2n) is 17.9. The summed E-state index contributed by atoms with van der Waals surface area (Å²) in [4.78, 5) is 6.51. The van der Waals surface area contributed by atoms with Crippen LogP contribution >= 0.6 is 11.6 Å². The Labute approximate surface area is 391 Å². The molecule has 1 fully saturated rings. The zero-order valence-corrected chi connectivity index (χ0v) is 39.2. The number of imidazole rings is 1. The minimum Gasteiger partial charge on any atom is -0.497 e. The molecule has 1 atom stereocenters. The Bertz CT molecular complexity index is 2520. The Morgan fingerprint density at radius 3 is 1.85 bits per heavy atom. The molecule has 2 N–H and O–H groups in total. The summed E-state index contributed by atoms with van der Waals surface area (Å²) >= 11 is 6.56. The summed E-state index contributed by atoms with van der Waals surface area (Å²) in [5.41, 5.74) is 14.8. The van der Waals surface area contributed by atoms with Crippen molar-refractivity contribution in [2.75, 3.05) is 7.11 Å². The molecule has 8 nitrogen and oxygen atoms in total. The van der Waals surface area contributed by atoms with Crippen LogP contribution in [-0.4, -0.2) is 36.9 Å². The van der Waals surface area contributed by atoms with Gasteiger partial charge in [-0.3, -0.25) is 0 Å². The Morgan fingerprint density at radius 1 is 0.677 bits per heavy atom. The van der Waals surface area contributed by atoms with E-state index in [1.165, 1.54) is 89.0 Å². The van der Waals surface area contributed by atoms with Crippen molar-refractivity contribution >= 4 is 11.6 Å². The first-order valence-corrected chi connectivity index (χ1v) is 24.6. The maximum Gasteiger partial charge on any atom is 0.205 e. The van der Waals surface area contributed by atoms with E-state index in [0.29, 0.717) is 30.0 Å². The fourth-order valence-electron chi connectivity index (χ4n) is 9.98. The van der Waals surface area contributed by atoms with Crippen LogP contribution in [0.1, 0.15) is 148 Å². The summed E-state index contributed by atoms with van der Waals surface area (Å²) in [5, 5.41) is 15.7. The normalized spacial score (nSPS) is 15.6. The number of hydrogen-bond acceptors (Lipinski definition) is 6. The number of methoxy groups -OCH3 is 1. The molecule has 1 aliphatic rings. The van der Waals surface area contributed by atoms with Crippen molar-refractivity contribution in [3.05, 3.63) is 172 Å². The van der Waals surface area contributed by atoms with Crippen LogP contribution in [-0.2, 0) is 25.0 Å². The molecule has 8 rings (SSSR count). The molecule has 7 aromatic rings. The average Bonchev–Trinajstić information content (AvgIpc) is 3.96. The molecular weight excluding hydrogens is 822 g/mol. The van der Waals surface area contributed by atoms with Gasteiger partial charge in [0.15, 0.2) is 10.7 Å². The van der Waals surface area contributed by atoms with Gasteiger partial charge in [-0.1, -0.05) is 211 Å². The highest BCUT2D eigenvalue weighted by Gasteiger charge is 2.42. The van der Waals surface area contributed by atoms with Crippen molar-refractivity contribution in [3.63, 3.8) is 0 Å². The first-order chi connectivity index (χ1) is 32.0. The van der Waals surface area contributed by atoms with E-state index in [2.05, 4.69) is 126 Å². The highest BCUT2D eigenvalue weighted by molar-refractivity contribution is 6.30. The van der Waals surface area contributed by atoms with Gasteiger partial charge in [-0.2, -0.15) is 0 Å². The minimum absolute atomic E-state index is 0.340. The van der Waals surface area contributed by atoms with Gasteiger partial charge < -0.3 is 15.0 Å². The van der Waals surface area contributed by atoms with Gasteiger partial charge in [0.2, 0.25) is 5.82 Å². The molecule has 0 spiro atoms. The van der Waals surface area contributed by atoms with Gasteiger partial charge in [0, 0.05) is 25.1 Å². The van der Waals surface area contributed by atoms with E-state index >= 15 is 0 Å². The van der Waals surface area contributed by atoms with Crippen LogP contribution in [0.5, 0.6) is 5.75 Å². The molecule has 0 bridgehead atoms. The molecule has 0 amide bonds. The van der Waals surface area contributed by atoms with Gasteiger partial charge in [0.1, 0.15) is 11.6 Å². The summed E-state index contributed by atoms with van der Waals surface area (Å²) in [6.45, 7) is 3.18. The lowest BCUT2D eigenvalue weighted by Crippen LogP contribution is -2.39. The Balaban J connectivity index is 1.16. The molecule has 9 heteroatoms. The maximum absolute atomic E-state index is 6.56. The second kappa shape index (κ2) is 22.6. The van der Waals surface area contributed by atoms with Crippen LogP contribution in [0.2, 0.25) is 5.15 Å². The molecule has 338 valence electrons. The number of tetrazole rings is 1. The average molecular weight is 889 g/mol. The minimum atomic E-state index is -0.939. The van der Waals surface area contributed by atoms with Crippen LogP contribution in [0.25, 0.3) is 22.5 Å². The number of halogens is 1. The van der Waals surface area contributed by atoms with Crippen LogP contribution in [0.3, 0.4) is 0 Å². The van der Waals surface area contributed by atoms with E-state index in [0.717, 1.165) is 75.5 Å². The molecule has 2 heterocycles. The molecule has 0 aliphatic heterocycles. The van der Waals surface area contributed by atoms with E-state index in [-0.39, 0.29) is 0 Å². The van der Waals surface area contributed by atoms with Crippen molar-refractivity contribution in [2.45, 2.75) is 134 Å². The van der Waals surface area contributed by atoms with E-state index in [4.69, 9.17) is 37.5 Å². The smallest absolute Gasteiger partial charge is 0.205 e. The third-order valence-electron chi connectivity index (χ3n) is 13.6. The number of hydrogen-bond donors (Lipinski definition) is 1. The number of ether oxygens (including phenoxy) is 1. The van der Waals surface area contributed by atoms with E-state index in [1.54, 1.807) is 7.11 Å². The molecule has 1 unspecified atom stereocenters. The van der Waals surface area contributed by atoms with Gasteiger partial charge in [-0.05, 0) is 81.5 Å². The number of unbranched alkanes of at least 4 members (excludes halogenated alkanes) is 1. The van der Waals surface area contributed by atoms with Gasteiger partial charge >= 0.3 is 0 Å². The zero-order valence-electron chi connectivity index (χ0n) is 38.5. The number of benzene rings is 5. The van der Waals surface area contributed by atoms with Crippen molar-refractivity contribution in [3.8, 4) is 28.3 Å². The van der Waals surface area contributed by atoms with Crippen molar-refractivity contribution in [1.29, 1.82) is 0 Å². The number of aromatic nitrogens is 6. The van der Waals surface area contributed by atoms with Gasteiger partial charge in [-0.15, -0.1) is 15.0 Å². The molecule has 2 aromatic heterocycles. The Morgan fingerprint density at radius 2 is 1.25 bits per heavy atom. The third kappa shape index (κ3) is 10.6. The lowest BCUT2D eigenvalue weighted by Gasteiger charge is -2.34. The van der Waals surface area contributed by atoms with Crippen LogP contribution in [0, 0.1) is 0 Å². The van der Waals surface area contributed by atoms with E-state index in [9.17, 15) is 0 Å². The van der Waals surface area contributed by atoms with Crippen molar-refractivity contribution < 1.29 is 4.74 Å². The fourth-order valence-corrected chi connectivity index (χ4v) is 10.3. The number of rotatable bonds is 14. The topological polar surface area (TPSA) is 96.7 Å². The maximum atomic E-state index is 6.56. The monoisotopic (exact) mass is 888 g/mol. The van der Waals surface area contributed by atoms with Crippen LogP contribution < -0.4 is 10.5 Å². The quantitative estimate of drug-likeness (QED) is 0.109. The predicted molar refractivity (Wildman–Crippen MR) is 265 cm³/mol.